The van der Waals surface area contributed by atoms with E-state index in [-0.39, 0.29) is 17.9 Å². The first-order valence-corrected chi connectivity index (χ1v) is 10.5. The molecule has 2 aromatic rings. The lowest BCUT2D eigenvalue weighted by molar-refractivity contribution is -0.125. The highest BCUT2D eigenvalue weighted by molar-refractivity contribution is 9.10. The van der Waals surface area contributed by atoms with Gasteiger partial charge in [-0.05, 0) is 37.8 Å². The minimum absolute atomic E-state index is 0.143. The largest absolute Gasteiger partial charge is 0.376 e. The highest BCUT2D eigenvalue weighted by Gasteiger charge is 2.33. The monoisotopic (exact) mass is 420 g/mol. The number of carbonyl (C=O) groups is 1. The number of anilines is 1. The Morgan fingerprint density at radius 3 is 2.68 bits per heavy atom. The number of amides is 1. The summed E-state index contributed by atoms with van der Waals surface area (Å²) in [5.74, 6) is 0.389. The molecule has 132 valence electrons. The number of hydrogen-bond donors (Lipinski definition) is 0. The van der Waals surface area contributed by atoms with Crippen molar-refractivity contribution >= 4 is 38.3 Å². The first-order valence-electron chi connectivity index (χ1n) is 8.85. The molecule has 1 saturated carbocycles. The number of carbonyl (C=O) groups excluding carboxylic acids is 1. The molecular weight excluding hydrogens is 400 g/mol. The number of rotatable bonds is 5. The summed E-state index contributed by atoms with van der Waals surface area (Å²) in [6, 6.07) is 8.11. The van der Waals surface area contributed by atoms with Crippen LogP contribution in [0.4, 0.5) is 5.13 Å². The van der Waals surface area contributed by atoms with Crippen molar-refractivity contribution in [2.45, 2.75) is 38.2 Å². The van der Waals surface area contributed by atoms with E-state index in [1.54, 1.807) is 11.3 Å². The normalized spacial score (nSPS) is 20.4. The molecule has 4 rings (SSSR count). The van der Waals surface area contributed by atoms with Crippen LogP contribution in [0.2, 0.25) is 0 Å². The number of benzene rings is 1. The first-order chi connectivity index (χ1) is 12.2. The van der Waals surface area contributed by atoms with Crippen molar-refractivity contribution in [1.29, 1.82) is 0 Å². The molecule has 1 aliphatic heterocycles. The van der Waals surface area contributed by atoms with E-state index in [1.165, 1.54) is 0 Å². The second-order valence-electron chi connectivity index (χ2n) is 6.73. The SMILES string of the molecule is O=C(C1CCC1)N(CC1CCCO1)c1nc(-c2ccc(Br)cc2)cs1. The maximum atomic E-state index is 12.9. The Bertz CT molecular complexity index is 736. The van der Waals surface area contributed by atoms with Crippen LogP contribution in [0.3, 0.4) is 0 Å². The van der Waals surface area contributed by atoms with E-state index in [0.717, 1.165) is 59.6 Å². The second-order valence-corrected chi connectivity index (χ2v) is 8.49. The molecule has 2 heterocycles. The molecule has 2 fully saturated rings. The van der Waals surface area contributed by atoms with Gasteiger partial charge in [0.2, 0.25) is 5.91 Å². The van der Waals surface area contributed by atoms with E-state index in [0.29, 0.717) is 6.54 Å². The highest BCUT2D eigenvalue weighted by Crippen LogP contribution is 2.34. The summed E-state index contributed by atoms with van der Waals surface area (Å²) in [6.07, 6.45) is 5.42. The fourth-order valence-electron chi connectivity index (χ4n) is 3.27. The zero-order valence-corrected chi connectivity index (χ0v) is 16.4. The summed E-state index contributed by atoms with van der Waals surface area (Å²) in [7, 11) is 0. The highest BCUT2D eigenvalue weighted by atomic mass is 79.9. The maximum Gasteiger partial charge on any atom is 0.231 e. The second kappa shape index (κ2) is 7.56. The van der Waals surface area contributed by atoms with E-state index < -0.39 is 0 Å². The zero-order chi connectivity index (χ0) is 17.2. The van der Waals surface area contributed by atoms with E-state index >= 15 is 0 Å². The lowest BCUT2D eigenvalue weighted by Crippen LogP contribution is -2.43. The molecule has 2 aliphatic rings. The average molecular weight is 421 g/mol. The maximum absolute atomic E-state index is 12.9. The Morgan fingerprint density at radius 1 is 1.24 bits per heavy atom. The average Bonchev–Trinajstić information content (AvgIpc) is 3.23. The van der Waals surface area contributed by atoms with Crippen molar-refractivity contribution in [1.82, 2.24) is 4.98 Å². The van der Waals surface area contributed by atoms with Crippen LogP contribution in [-0.2, 0) is 9.53 Å². The van der Waals surface area contributed by atoms with Gasteiger partial charge in [-0.25, -0.2) is 4.98 Å². The fraction of sp³-hybridized carbons (Fsp3) is 0.474. The summed E-state index contributed by atoms with van der Waals surface area (Å²) in [5.41, 5.74) is 1.99. The Labute approximate surface area is 160 Å². The third kappa shape index (κ3) is 3.81. The number of nitrogens with zero attached hydrogens (tertiary/aromatic N) is 2. The molecule has 1 unspecified atom stereocenters. The van der Waals surface area contributed by atoms with Crippen molar-refractivity contribution in [3.8, 4) is 11.3 Å². The van der Waals surface area contributed by atoms with Gasteiger partial charge in [-0.2, -0.15) is 0 Å². The summed E-state index contributed by atoms with van der Waals surface area (Å²) in [6.45, 7) is 1.43. The molecular formula is C19H21BrN2O2S. The molecule has 0 N–H and O–H groups in total. The minimum atomic E-state index is 0.143. The van der Waals surface area contributed by atoms with Crippen molar-refractivity contribution < 1.29 is 9.53 Å². The van der Waals surface area contributed by atoms with E-state index in [2.05, 4.69) is 15.9 Å². The quantitative estimate of drug-likeness (QED) is 0.691. The fourth-order valence-corrected chi connectivity index (χ4v) is 4.38. The molecule has 4 nitrogen and oxygen atoms in total. The smallest absolute Gasteiger partial charge is 0.231 e. The van der Waals surface area contributed by atoms with E-state index in [9.17, 15) is 4.79 Å². The standard InChI is InChI=1S/C19H21BrN2O2S/c20-15-8-6-13(7-9-15)17-12-25-19(21-17)22(11-16-5-2-10-24-16)18(23)14-3-1-4-14/h6-9,12,14,16H,1-5,10-11H2. The number of halogens is 1. The lowest BCUT2D eigenvalue weighted by Gasteiger charge is -2.31. The van der Waals surface area contributed by atoms with Crippen molar-refractivity contribution in [2.24, 2.45) is 5.92 Å². The molecule has 1 aromatic carbocycles. The van der Waals surface area contributed by atoms with E-state index in [4.69, 9.17) is 9.72 Å². The third-order valence-electron chi connectivity index (χ3n) is 4.99. The van der Waals surface area contributed by atoms with Gasteiger partial charge in [0.25, 0.3) is 0 Å². The molecule has 1 saturated heterocycles. The molecule has 6 heteroatoms. The number of hydrogen-bond acceptors (Lipinski definition) is 4. The molecule has 1 aliphatic carbocycles. The van der Waals surface area contributed by atoms with Crippen LogP contribution in [0.1, 0.15) is 32.1 Å². The number of ether oxygens (including phenoxy) is 1. The Morgan fingerprint density at radius 2 is 2.04 bits per heavy atom. The van der Waals surface area contributed by atoms with Gasteiger partial charge in [0.1, 0.15) is 0 Å². The molecule has 0 bridgehead atoms. The topological polar surface area (TPSA) is 42.4 Å². The number of thiazole rings is 1. The first kappa shape index (κ1) is 17.2. The molecule has 0 spiro atoms. The predicted octanol–water partition coefficient (Wildman–Crippen LogP) is 4.88. The summed E-state index contributed by atoms with van der Waals surface area (Å²) in [5, 5.41) is 2.83. The zero-order valence-electron chi connectivity index (χ0n) is 14.0. The van der Waals surface area contributed by atoms with Gasteiger partial charge in [-0.1, -0.05) is 34.5 Å². The minimum Gasteiger partial charge on any atom is -0.376 e. The molecule has 25 heavy (non-hydrogen) atoms. The Balaban J connectivity index is 1.57. The summed E-state index contributed by atoms with van der Waals surface area (Å²) in [4.78, 5) is 19.6. The van der Waals surface area contributed by atoms with Crippen LogP contribution in [0, 0.1) is 5.92 Å². The van der Waals surface area contributed by atoms with Crippen molar-refractivity contribution in [2.75, 3.05) is 18.1 Å². The van der Waals surface area contributed by atoms with Gasteiger partial charge in [0.15, 0.2) is 5.13 Å². The van der Waals surface area contributed by atoms with Gasteiger partial charge >= 0.3 is 0 Å². The number of aromatic nitrogens is 1. The van der Waals surface area contributed by atoms with Crippen molar-refractivity contribution in [3.63, 3.8) is 0 Å². The Kier molecular flexibility index (Phi) is 5.20. The van der Waals surface area contributed by atoms with Crippen LogP contribution in [0.25, 0.3) is 11.3 Å². The van der Waals surface area contributed by atoms with Crippen LogP contribution < -0.4 is 4.90 Å². The van der Waals surface area contributed by atoms with Crippen LogP contribution >= 0.6 is 27.3 Å². The van der Waals surface area contributed by atoms with Crippen molar-refractivity contribution in [3.05, 3.63) is 34.1 Å². The van der Waals surface area contributed by atoms with Crippen LogP contribution in [0.15, 0.2) is 34.1 Å². The van der Waals surface area contributed by atoms with Gasteiger partial charge in [-0.15, -0.1) is 11.3 Å². The molecule has 0 radical (unpaired) electrons. The Hall–Kier alpha value is -1.24. The summed E-state index contributed by atoms with van der Waals surface area (Å²) >= 11 is 5.01. The predicted molar refractivity (Wildman–Crippen MR) is 104 cm³/mol. The molecule has 1 amide bonds. The third-order valence-corrected chi connectivity index (χ3v) is 6.39. The molecule has 1 atom stereocenters. The van der Waals surface area contributed by atoms with Crippen LogP contribution in [0.5, 0.6) is 0 Å². The van der Waals surface area contributed by atoms with Gasteiger partial charge < -0.3 is 4.74 Å². The van der Waals surface area contributed by atoms with Crippen LogP contribution in [-0.4, -0.2) is 30.1 Å². The van der Waals surface area contributed by atoms with Gasteiger partial charge in [-0.3, -0.25) is 9.69 Å². The molecule has 1 aromatic heterocycles. The van der Waals surface area contributed by atoms with Gasteiger partial charge in [0, 0.05) is 27.9 Å². The lowest BCUT2D eigenvalue weighted by atomic mass is 9.84. The van der Waals surface area contributed by atoms with E-state index in [1.807, 2.05) is 34.5 Å². The summed E-state index contributed by atoms with van der Waals surface area (Å²) < 4.78 is 6.82. The van der Waals surface area contributed by atoms with Gasteiger partial charge in [0.05, 0.1) is 18.3 Å².